The molecule has 108 valence electrons. The zero-order valence-corrected chi connectivity index (χ0v) is 12.0. The van der Waals surface area contributed by atoms with Crippen LogP contribution in [0, 0.1) is 16.0 Å². The zero-order valence-electron chi connectivity index (χ0n) is 12.0. The van der Waals surface area contributed by atoms with Gasteiger partial charge >= 0.3 is 0 Å². The Morgan fingerprint density at radius 3 is 2.85 bits per heavy atom. The van der Waals surface area contributed by atoms with Crippen molar-refractivity contribution in [3.8, 4) is 0 Å². The number of nitro benzene ring substituents is 1. The van der Waals surface area contributed by atoms with E-state index in [1.807, 2.05) is 0 Å². The lowest BCUT2D eigenvalue weighted by Crippen LogP contribution is -2.20. The quantitative estimate of drug-likeness (QED) is 0.469. The molecule has 0 bridgehead atoms. The average Bonchev–Trinajstić information content (AvgIpc) is 2.87. The van der Waals surface area contributed by atoms with Gasteiger partial charge < -0.3 is 4.90 Å². The second-order valence-electron chi connectivity index (χ2n) is 5.40. The molecule has 0 N–H and O–H groups in total. The van der Waals surface area contributed by atoms with Gasteiger partial charge in [0.05, 0.1) is 10.5 Å². The van der Waals surface area contributed by atoms with Gasteiger partial charge in [0.2, 0.25) is 0 Å². The highest BCUT2D eigenvalue weighted by Gasteiger charge is 2.24. The summed E-state index contributed by atoms with van der Waals surface area (Å²) in [6.07, 6.45) is 3.54. The molecule has 0 aliphatic carbocycles. The Morgan fingerprint density at radius 1 is 1.50 bits per heavy atom. The highest BCUT2D eigenvalue weighted by atomic mass is 16.6. The van der Waals surface area contributed by atoms with Crippen LogP contribution in [0.2, 0.25) is 0 Å². The molecule has 20 heavy (non-hydrogen) atoms. The maximum atomic E-state index is 11.6. The van der Waals surface area contributed by atoms with Crippen LogP contribution >= 0.6 is 0 Å². The largest absolute Gasteiger partial charge is 0.371 e. The predicted octanol–water partition coefficient (Wildman–Crippen LogP) is 3.42. The maximum Gasteiger partial charge on any atom is 0.280 e. The molecule has 2 rings (SSSR count). The zero-order chi connectivity index (χ0) is 14.7. The van der Waals surface area contributed by atoms with Gasteiger partial charge in [-0.2, -0.15) is 0 Å². The fourth-order valence-corrected chi connectivity index (χ4v) is 2.87. The van der Waals surface area contributed by atoms with Gasteiger partial charge in [0.25, 0.3) is 5.69 Å². The molecule has 1 atom stereocenters. The van der Waals surface area contributed by atoms with E-state index < -0.39 is 4.92 Å². The first-order chi connectivity index (χ1) is 9.52. The SMILES string of the molecule is CCCC1CCN(c2ccc([N+](=O)[O-])c(C(C)=O)c2)C1. The topological polar surface area (TPSA) is 63.4 Å². The molecule has 1 saturated heterocycles. The van der Waals surface area contributed by atoms with Crippen LogP contribution in [0.15, 0.2) is 18.2 Å². The van der Waals surface area contributed by atoms with Gasteiger partial charge in [-0.25, -0.2) is 0 Å². The van der Waals surface area contributed by atoms with Gasteiger partial charge in [-0.3, -0.25) is 14.9 Å². The molecule has 1 aliphatic heterocycles. The van der Waals surface area contributed by atoms with E-state index >= 15 is 0 Å². The Hall–Kier alpha value is -1.91. The van der Waals surface area contributed by atoms with Crippen molar-refractivity contribution in [3.63, 3.8) is 0 Å². The number of nitrogens with zero attached hydrogens (tertiary/aromatic N) is 2. The number of nitro groups is 1. The van der Waals surface area contributed by atoms with E-state index in [1.165, 1.54) is 25.8 Å². The lowest BCUT2D eigenvalue weighted by molar-refractivity contribution is -0.385. The summed E-state index contributed by atoms with van der Waals surface area (Å²) in [5, 5.41) is 10.9. The van der Waals surface area contributed by atoms with Crippen LogP contribution in [0.5, 0.6) is 0 Å². The Bertz CT molecular complexity index is 528. The Labute approximate surface area is 118 Å². The van der Waals surface area contributed by atoms with Crippen LogP contribution < -0.4 is 4.90 Å². The predicted molar refractivity (Wildman–Crippen MR) is 78.3 cm³/mol. The van der Waals surface area contributed by atoms with E-state index in [2.05, 4.69) is 11.8 Å². The summed E-state index contributed by atoms with van der Waals surface area (Å²) in [6.45, 7) is 5.49. The van der Waals surface area contributed by atoms with Gasteiger partial charge in [0, 0.05) is 24.8 Å². The number of rotatable bonds is 5. The molecule has 0 radical (unpaired) electrons. The summed E-state index contributed by atoms with van der Waals surface area (Å²) in [6, 6.07) is 4.85. The standard InChI is InChI=1S/C15H20N2O3/c1-3-4-12-7-8-16(10-12)13-5-6-15(17(19)20)14(9-13)11(2)18/h5-6,9,12H,3-4,7-8,10H2,1-2H3. The minimum atomic E-state index is -0.496. The molecule has 1 aromatic rings. The molecule has 0 amide bonds. The van der Waals surface area contributed by atoms with Crippen molar-refractivity contribution in [2.24, 2.45) is 5.92 Å². The number of hydrogen-bond donors (Lipinski definition) is 0. The number of carbonyl (C=O) groups excluding carboxylic acids is 1. The van der Waals surface area contributed by atoms with Crippen molar-refractivity contribution in [1.82, 2.24) is 0 Å². The normalized spacial score (nSPS) is 18.3. The van der Waals surface area contributed by atoms with E-state index in [-0.39, 0.29) is 17.0 Å². The Kier molecular flexibility index (Phi) is 4.37. The molecule has 1 fully saturated rings. The molecule has 5 nitrogen and oxygen atoms in total. The molecular weight excluding hydrogens is 256 g/mol. The van der Waals surface area contributed by atoms with E-state index in [0.717, 1.165) is 25.2 Å². The fourth-order valence-electron chi connectivity index (χ4n) is 2.87. The highest BCUT2D eigenvalue weighted by molar-refractivity contribution is 5.99. The molecular formula is C15H20N2O3. The van der Waals surface area contributed by atoms with Crippen molar-refractivity contribution in [1.29, 1.82) is 0 Å². The van der Waals surface area contributed by atoms with Crippen LogP contribution in [0.3, 0.4) is 0 Å². The fraction of sp³-hybridized carbons (Fsp3) is 0.533. The molecule has 0 spiro atoms. The summed E-state index contributed by atoms with van der Waals surface area (Å²) in [4.78, 5) is 24.2. The van der Waals surface area contributed by atoms with E-state index in [0.29, 0.717) is 5.92 Å². The number of ketones is 1. The minimum Gasteiger partial charge on any atom is -0.371 e. The molecule has 0 saturated carbocycles. The summed E-state index contributed by atoms with van der Waals surface area (Å²) in [7, 11) is 0. The highest BCUT2D eigenvalue weighted by Crippen LogP contribution is 2.30. The first-order valence-corrected chi connectivity index (χ1v) is 7.07. The Balaban J connectivity index is 2.24. The maximum absolute atomic E-state index is 11.6. The van der Waals surface area contributed by atoms with Gasteiger partial charge in [-0.1, -0.05) is 13.3 Å². The number of carbonyl (C=O) groups is 1. The van der Waals surface area contributed by atoms with E-state index in [9.17, 15) is 14.9 Å². The number of benzene rings is 1. The Morgan fingerprint density at radius 2 is 2.25 bits per heavy atom. The van der Waals surface area contributed by atoms with E-state index in [4.69, 9.17) is 0 Å². The molecule has 1 unspecified atom stereocenters. The first kappa shape index (κ1) is 14.5. The molecule has 1 aliphatic rings. The van der Waals surface area contributed by atoms with Gasteiger partial charge in [-0.15, -0.1) is 0 Å². The van der Waals surface area contributed by atoms with Gasteiger partial charge in [0.1, 0.15) is 0 Å². The van der Waals surface area contributed by atoms with Crippen LogP contribution in [0.1, 0.15) is 43.5 Å². The molecule has 0 aromatic heterocycles. The van der Waals surface area contributed by atoms with E-state index in [1.54, 1.807) is 12.1 Å². The second-order valence-corrected chi connectivity index (χ2v) is 5.40. The van der Waals surface area contributed by atoms with Gasteiger partial charge in [0.15, 0.2) is 5.78 Å². The number of Topliss-reactive ketones (excluding diaryl/α,β-unsaturated/α-hetero) is 1. The van der Waals surface area contributed by atoms with Crippen molar-refractivity contribution in [2.45, 2.75) is 33.1 Å². The number of anilines is 1. The smallest absolute Gasteiger partial charge is 0.280 e. The van der Waals surface area contributed by atoms with Crippen LogP contribution in [-0.4, -0.2) is 23.8 Å². The molecule has 5 heteroatoms. The minimum absolute atomic E-state index is 0.106. The summed E-state index contributed by atoms with van der Waals surface area (Å²) in [5.41, 5.74) is 1.01. The third kappa shape index (κ3) is 2.98. The third-order valence-corrected chi connectivity index (χ3v) is 3.90. The van der Waals surface area contributed by atoms with Crippen molar-refractivity contribution < 1.29 is 9.72 Å². The lowest BCUT2D eigenvalue weighted by atomic mass is 10.0. The number of hydrogen-bond acceptors (Lipinski definition) is 4. The van der Waals surface area contributed by atoms with Crippen molar-refractivity contribution >= 4 is 17.2 Å². The first-order valence-electron chi connectivity index (χ1n) is 7.07. The summed E-state index contributed by atoms with van der Waals surface area (Å²) in [5.74, 6) is 0.429. The monoisotopic (exact) mass is 276 g/mol. The van der Waals surface area contributed by atoms with Crippen LogP contribution in [0.25, 0.3) is 0 Å². The lowest BCUT2D eigenvalue weighted by Gasteiger charge is -2.19. The second kappa shape index (κ2) is 6.03. The molecule has 1 aromatic carbocycles. The molecule has 1 heterocycles. The summed E-state index contributed by atoms with van der Waals surface area (Å²) < 4.78 is 0. The van der Waals surface area contributed by atoms with Crippen LogP contribution in [-0.2, 0) is 0 Å². The summed E-state index contributed by atoms with van der Waals surface area (Å²) >= 11 is 0. The van der Waals surface area contributed by atoms with Crippen LogP contribution in [0.4, 0.5) is 11.4 Å². The van der Waals surface area contributed by atoms with Crippen molar-refractivity contribution in [2.75, 3.05) is 18.0 Å². The third-order valence-electron chi connectivity index (χ3n) is 3.90. The van der Waals surface area contributed by atoms with Crippen molar-refractivity contribution in [3.05, 3.63) is 33.9 Å². The average molecular weight is 276 g/mol. The van der Waals surface area contributed by atoms with Gasteiger partial charge in [-0.05, 0) is 37.8 Å².